The molecule has 3 aromatic rings. The van der Waals surface area contributed by atoms with Gasteiger partial charge >= 0.3 is 0 Å². The van der Waals surface area contributed by atoms with Crippen molar-refractivity contribution in [3.63, 3.8) is 0 Å². The van der Waals surface area contributed by atoms with Crippen LogP contribution in [0.3, 0.4) is 0 Å². The van der Waals surface area contributed by atoms with Gasteiger partial charge in [0.15, 0.2) is 0 Å². The van der Waals surface area contributed by atoms with E-state index in [1.165, 1.54) is 16.7 Å². The third-order valence-corrected chi connectivity index (χ3v) is 2.90. The van der Waals surface area contributed by atoms with E-state index in [2.05, 4.69) is 55.5 Å². The summed E-state index contributed by atoms with van der Waals surface area (Å²) < 4.78 is 0. The van der Waals surface area contributed by atoms with E-state index in [9.17, 15) is 0 Å². The third-order valence-electron chi connectivity index (χ3n) is 2.90. The molecule has 0 saturated carbocycles. The third kappa shape index (κ3) is 4.11. The van der Waals surface area contributed by atoms with Crippen LogP contribution in [-0.2, 0) is 0 Å². The first kappa shape index (κ1) is 13.1. The monoisotopic (exact) mass is 246 g/mol. The lowest BCUT2D eigenvalue weighted by atomic mass is 10.0. The summed E-state index contributed by atoms with van der Waals surface area (Å²) in [6, 6.07) is 30.9. The zero-order chi connectivity index (χ0) is 13.3. The van der Waals surface area contributed by atoms with E-state index >= 15 is 0 Å². The standard InChI is InChI=1S/C13H12.C6H6/c1-11-7-5-6-10-13(11)12-8-3-2-4-9-12;1-2-4-6-5-3-1/h2-10H,1H3;1-6H. The Morgan fingerprint density at radius 2 is 0.895 bits per heavy atom. The summed E-state index contributed by atoms with van der Waals surface area (Å²) in [7, 11) is 0. The fraction of sp³-hybridized carbons (Fsp3) is 0.0526. The molecule has 0 saturated heterocycles. The topological polar surface area (TPSA) is 0 Å². The summed E-state index contributed by atoms with van der Waals surface area (Å²) >= 11 is 0. The Hall–Kier alpha value is -2.34. The van der Waals surface area contributed by atoms with E-state index in [1.54, 1.807) is 0 Å². The maximum atomic E-state index is 2.16. The molecule has 0 unspecified atom stereocenters. The average Bonchev–Trinajstić information content (AvgIpc) is 2.51. The number of hydrogen-bond acceptors (Lipinski definition) is 0. The molecule has 19 heavy (non-hydrogen) atoms. The summed E-state index contributed by atoms with van der Waals surface area (Å²) in [6.07, 6.45) is 0. The molecule has 3 aromatic carbocycles. The Bertz CT molecular complexity index is 556. The van der Waals surface area contributed by atoms with Crippen molar-refractivity contribution in [2.45, 2.75) is 6.92 Å². The largest absolute Gasteiger partial charge is 0.0623 e. The van der Waals surface area contributed by atoms with Crippen LogP contribution in [0.1, 0.15) is 5.56 Å². The molecule has 0 amide bonds. The van der Waals surface area contributed by atoms with Gasteiger partial charge in [0.25, 0.3) is 0 Å². The van der Waals surface area contributed by atoms with Crippen LogP contribution >= 0.6 is 0 Å². The van der Waals surface area contributed by atoms with Crippen molar-refractivity contribution in [3.8, 4) is 11.1 Å². The van der Waals surface area contributed by atoms with E-state index in [-0.39, 0.29) is 0 Å². The maximum Gasteiger partial charge on any atom is -0.0155 e. The molecule has 0 nitrogen and oxygen atoms in total. The Balaban J connectivity index is 0.000000186. The van der Waals surface area contributed by atoms with Crippen LogP contribution in [0.5, 0.6) is 0 Å². The molecule has 3 rings (SSSR count). The van der Waals surface area contributed by atoms with E-state index in [4.69, 9.17) is 0 Å². The number of benzene rings is 3. The summed E-state index contributed by atoms with van der Waals surface area (Å²) in [4.78, 5) is 0. The maximum absolute atomic E-state index is 2.16. The van der Waals surface area contributed by atoms with Crippen LogP contribution in [0.4, 0.5) is 0 Å². The predicted molar refractivity (Wildman–Crippen MR) is 83.1 cm³/mol. The van der Waals surface area contributed by atoms with Crippen molar-refractivity contribution >= 4 is 0 Å². The molecule has 0 aliphatic rings. The van der Waals surface area contributed by atoms with Gasteiger partial charge in [0.05, 0.1) is 0 Å². The fourth-order valence-corrected chi connectivity index (χ4v) is 1.90. The second-order valence-electron chi connectivity index (χ2n) is 4.34. The molecule has 0 bridgehead atoms. The normalized spacial score (nSPS) is 9.32. The van der Waals surface area contributed by atoms with Gasteiger partial charge < -0.3 is 0 Å². The highest BCUT2D eigenvalue weighted by molar-refractivity contribution is 5.66. The molecule has 0 aliphatic carbocycles. The second-order valence-corrected chi connectivity index (χ2v) is 4.34. The van der Waals surface area contributed by atoms with E-state index in [1.807, 2.05) is 42.5 Å². The Morgan fingerprint density at radius 3 is 1.42 bits per heavy atom. The van der Waals surface area contributed by atoms with Crippen LogP contribution in [0, 0.1) is 6.92 Å². The fourth-order valence-electron chi connectivity index (χ4n) is 1.90. The molecule has 0 aliphatic heterocycles. The van der Waals surface area contributed by atoms with Gasteiger partial charge in [-0.05, 0) is 23.6 Å². The Kier molecular flexibility index (Phi) is 4.95. The number of hydrogen-bond donors (Lipinski definition) is 0. The minimum absolute atomic E-state index is 1.29. The summed E-state index contributed by atoms with van der Waals surface area (Å²) in [5.74, 6) is 0. The highest BCUT2D eigenvalue weighted by atomic mass is 14.0. The molecule has 94 valence electrons. The molecular formula is C19H18. The van der Waals surface area contributed by atoms with Gasteiger partial charge in [0, 0.05) is 0 Å². The summed E-state index contributed by atoms with van der Waals surface area (Å²) in [6.45, 7) is 2.14. The van der Waals surface area contributed by atoms with Crippen molar-refractivity contribution in [2.24, 2.45) is 0 Å². The van der Waals surface area contributed by atoms with Crippen LogP contribution in [0.25, 0.3) is 11.1 Å². The summed E-state index contributed by atoms with van der Waals surface area (Å²) in [5.41, 5.74) is 3.94. The lowest BCUT2D eigenvalue weighted by Gasteiger charge is -2.04. The average molecular weight is 246 g/mol. The molecule has 0 atom stereocenters. The summed E-state index contributed by atoms with van der Waals surface area (Å²) in [5, 5.41) is 0. The van der Waals surface area contributed by atoms with Crippen molar-refractivity contribution in [3.05, 3.63) is 96.6 Å². The number of aryl methyl sites for hydroxylation is 1. The Morgan fingerprint density at radius 1 is 0.474 bits per heavy atom. The SMILES string of the molecule is Cc1ccccc1-c1ccccc1.c1ccccc1. The first-order valence-electron chi connectivity index (χ1n) is 6.49. The predicted octanol–water partition coefficient (Wildman–Crippen LogP) is 5.35. The van der Waals surface area contributed by atoms with E-state index in [0.29, 0.717) is 0 Å². The second kappa shape index (κ2) is 7.17. The first-order chi connectivity index (χ1) is 9.38. The van der Waals surface area contributed by atoms with E-state index in [0.717, 1.165) is 0 Å². The zero-order valence-electron chi connectivity index (χ0n) is 11.2. The molecular weight excluding hydrogens is 228 g/mol. The molecule has 0 radical (unpaired) electrons. The highest BCUT2D eigenvalue weighted by Crippen LogP contribution is 2.21. The van der Waals surface area contributed by atoms with Gasteiger partial charge in [0.1, 0.15) is 0 Å². The number of rotatable bonds is 1. The van der Waals surface area contributed by atoms with Crippen molar-refractivity contribution < 1.29 is 0 Å². The van der Waals surface area contributed by atoms with Gasteiger partial charge in [-0.1, -0.05) is 91.0 Å². The minimum atomic E-state index is 1.29. The highest BCUT2D eigenvalue weighted by Gasteiger charge is 1.97. The molecule has 0 N–H and O–H groups in total. The molecule has 0 fully saturated rings. The lowest BCUT2D eigenvalue weighted by molar-refractivity contribution is 1.46. The van der Waals surface area contributed by atoms with Gasteiger partial charge in [-0.25, -0.2) is 0 Å². The smallest absolute Gasteiger partial charge is 0.0155 e. The quantitative estimate of drug-likeness (QED) is 0.543. The lowest BCUT2D eigenvalue weighted by Crippen LogP contribution is -1.80. The first-order valence-corrected chi connectivity index (χ1v) is 6.49. The van der Waals surface area contributed by atoms with Crippen LogP contribution < -0.4 is 0 Å². The molecule has 0 aromatic heterocycles. The van der Waals surface area contributed by atoms with Gasteiger partial charge in [-0.3, -0.25) is 0 Å². The zero-order valence-corrected chi connectivity index (χ0v) is 11.2. The van der Waals surface area contributed by atoms with Gasteiger partial charge in [-0.2, -0.15) is 0 Å². The van der Waals surface area contributed by atoms with Crippen LogP contribution in [0.15, 0.2) is 91.0 Å². The van der Waals surface area contributed by atoms with Gasteiger partial charge in [0.2, 0.25) is 0 Å². The Labute approximate surface area is 115 Å². The van der Waals surface area contributed by atoms with Crippen molar-refractivity contribution in [1.29, 1.82) is 0 Å². The van der Waals surface area contributed by atoms with Crippen molar-refractivity contribution in [1.82, 2.24) is 0 Å². The van der Waals surface area contributed by atoms with E-state index < -0.39 is 0 Å². The minimum Gasteiger partial charge on any atom is -0.0623 e. The molecule has 0 heteroatoms. The van der Waals surface area contributed by atoms with Gasteiger partial charge in [-0.15, -0.1) is 0 Å². The van der Waals surface area contributed by atoms with Crippen LogP contribution in [0.2, 0.25) is 0 Å². The molecule has 0 spiro atoms. The van der Waals surface area contributed by atoms with Crippen molar-refractivity contribution in [2.75, 3.05) is 0 Å². The molecule has 0 heterocycles. The van der Waals surface area contributed by atoms with Crippen LogP contribution in [-0.4, -0.2) is 0 Å².